The van der Waals surface area contributed by atoms with Gasteiger partial charge in [0.05, 0.1) is 12.0 Å². The molecule has 0 aliphatic carbocycles. The van der Waals surface area contributed by atoms with Crippen LogP contribution in [0.2, 0.25) is 10.3 Å². The summed E-state index contributed by atoms with van der Waals surface area (Å²) in [7, 11) is 0. The maximum Gasteiger partial charge on any atom is 0.305 e. The summed E-state index contributed by atoms with van der Waals surface area (Å²) in [5, 5.41) is 15.8. The average molecular weight is 306 g/mol. The first-order valence-electron chi connectivity index (χ1n) is 5.58. The summed E-state index contributed by atoms with van der Waals surface area (Å²) in [6.07, 6.45) is -0.149. The number of halogens is 2. The monoisotopic (exact) mass is 305 g/mol. The van der Waals surface area contributed by atoms with E-state index in [0.717, 1.165) is 0 Å². The van der Waals surface area contributed by atoms with E-state index >= 15 is 0 Å². The molecule has 0 spiro atoms. The van der Waals surface area contributed by atoms with E-state index in [1.165, 1.54) is 11.0 Å². The SMILES string of the molecule is CCN(C(=O)c1cc(Cl)nnc1Cl)C(C)CC(=O)O. The van der Waals surface area contributed by atoms with Gasteiger partial charge in [-0.3, -0.25) is 9.59 Å². The van der Waals surface area contributed by atoms with Gasteiger partial charge < -0.3 is 10.0 Å². The molecule has 1 aromatic heterocycles. The molecule has 1 rings (SSSR count). The molecule has 1 unspecified atom stereocenters. The van der Waals surface area contributed by atoms with Gasteiger partial charge in [-0.05, 0) is 19.9 Å². The third-order valence-electron chi connectivity index (χ3n) is 2.55. The first-order chi connectivity index (χ1) is 8.86. The van der Waals surface area contributed by atoms with E-state index < -0.39 is 17.9 Å². The zero-order valence-electron chi connectivity index (χ0n) is 10.4. The minimum atomic E-state index is -0.976. The Labute approximate surface area is 120 Å². The summed E-state index contributed by atoms with van der Waals surface area (Å²) < 4.78 is 0. The molecule has 1 amide bonds. The van der Waals surface area contributed by atoms with Crippen molar-refractivity contribution >= 4 is 35.1 Å². The van der Waals surface area contributed by atoms with Crippen molar-refractivity contribution in [3.05, 3.63) is 21.9 Å². The van der Waals surface area contributed by atoms with Gasteiger partial charge in [-0.2, -0.15) is 0 Å². The summed E-state index contributed by atoms with van der Waals surface area (Å²) in [6, 6.07) is 0.855. The Kier molecular flexibility index (Phi) is 5.50. The van der Waals surface area contributed by atoms with Gasteiger partial charge in [0.2, 0.25) is 0 Å². The lowest BCUT2D eigenvalue weighted by Crippen LogP contribution is -2.39. The van der Waals surface area contributed by atoms with E-state index in [2.05, 4.69) is 10.2 Å². The van der Waals surface area contributed by atoms with Crippen LogP contribution in [0.15, 0.2) is 6.07 Å². The summed E-state index contributed by atoms with van der Waals surface area (Å²) in [5.74, 6) is -1.39. The molecule has 6 nitrogen and oxygen atoms in total. The largest absolute Gasteiger partial charge is 0.481 e. The Balaban J connectivity index is 3.01. The molecule has 0 saturated carbocycles. The molecular weight excluding hydrogens is 293 g/mol. The summed E-state index contributed by atoms with van der Waals surface area (Å²) in [4.78, 5) is 24.4. The molecule has 1 atom stereocenters. The average Bonchev–Trinajstić information content (AvgIpc) is 2.32. The fourth-order valence-electron chi connectivity index (χ4n) is 1.68. The number of carboxylic acids is 1. The minimum Gasteiger partial charge on any atom is -0.481 e. The van der Waals surface area contributed by atoms with Gasteiger partial charge in [0.1, 0.15) is 0 Å². The molecular formula is C11H13Cl2N3O3. The first kappa shape index (κ1) is 15.7. The maximum atomic E-state index is 12.3. The smallest absolute Gasteiger partial charge is 0.305 e. The van der Waals surface area contributed by atoms with Gasteiger partial charge >= 0.3 is 5.97 Å². The van der Waals surface area contributed by atoms with E-state index in [-0.39, 0.29) is 22.3 Å². The summed E-state index contributed by atoms with van der Waals surface area (Å²) >= 11 is 11.5. The van der Waals surface area contributed by atoms with Gasteiger partial charge in [-0.1, -0.05) is 23.2 Å². The van der Waals surface area contributed by atoms with Gasteiger partial charge in [0.15, 0.2) is 10.3 Å². The van der Waals surface area contributed by atoms with Gasteiger partial charge in [-0.25, -0.2) is 0 Å². The Morgan fingerprint density at radius 1 is 1.42 bits per heavy atom. The number of aromatic nitrogens is 2. The Morgan fingerprint density at radius 3 is 2.58 bits per heavy atom. The van der Waals surface area contributed by atoms with Gasteiger partial charge in [-0.15, -0.1) is 10.2 Å². The molecule has 1 heterocycles. The molecule has 1 aromatic rings. The van der Waals surface area contributed by atoms with E-state index in [1.54, 1.807) is 13.8 Å². The Morgan fingerprint density at radius 2 is 2.05 bits per heavy atom. The lowest BCUT2D eigenvalue weighted by atomic mass is 10.1. The number of hydrogen-bond donors (Lipinski definition) is 1. The topological polar surface area (TPSA) is 83.4 Å². The van der Waals surface area contributed by atoms with Crippen LogP contribution in [-0.4, -0.2) is 44.7 Å². The quantitative estimate of drug-likeness (QED) is 0.900. The maximum absolute atomic E-state index is 12.3. The fourth-order valence-corrected chi connectivity index (χ4v) is 2.00. The molecule has 0 fully saturated rings. The number of nitrogens with zero attached hydrogens (tertiary/aromatic N) is 3. The molecule has 0 aliphatic heterocycles. The van der Waals surface area contributed by atoms with Crippen molar-refractivity contribution in [2.75, 3.05) is 6.54 Å². The molecule has 0 radical (unpaired) electrons. The highest BCUT2D eigenvalue weighted by Crippen LogP contribution is 2.19. The van der Waals surface area contributed by atoms with E-state index in [0.29, 0.717) is 6.54 Å². The number of hydrogen-bond acceptors (Lipinski definition) is 4. The fraction of sp³-hybridized carbons (Fsp3) is 0.455. The van der Waals surface area contributed by atoms with Crippen molar-refractivity contribution in [3.63, 3.8) is 0 Å². The molecule has 8 heteroatoms. The molecule has 0 aromatic carbocycles. The highest BCUT2D eigenvalue weighted by molar-refractivity contribution is 6.34. The number of carbonyl (C=O) groups is 2. The van der Waals surface area contributed by atoms with Crippen molar-refractivity contribution in [2.45, 2.75) is 26.3 Å². The molecule has 19 heavy (non-hydrogen) atoms. The highest BCUT2D eigenvalue weighted by Gasteiger charge is 2.24. The number of rotatable bonds is 5. The van der Waals surface area contributed by atoms with Crippen molar-refractivity contribution in [2.24, 2.45) is 0 Å². The van der Waals surface area contributed by atoms with Gasteiger partial charge in [0, 0.05) is 12.6 Å². The predicted molar refractivity (Wildman–Crippen MR) is 70.5 cm³/mol. The van der Waals surface area contributed by atoms with Crippen LogP contribution in [0, 0.1) is 0 Å². The van der Waals surface area contributed by atoms with E-state index in [1.807, 2.05) is 0 Å². The number of amides is 1. The molecule has 0 saturated heterocycles. The highest BCUT2D eigenvalue weighted by atomic mass is 35.5. The van der Waals surface area contributed by atoms with Crippen molar-refractivity contribution < 1.29 is 14.7 Å². The summed E-state index contributed by atoms with van der Waals surface area (Å²) in [5.41, 5.74) is 0.112. The third kappa shape index (κ3) is 4.04. The van der Waals surface area contributed by atoms with Crippen molar-refractivity contribution in [1.29, 1.82) is 0 Å². The lowest BCUT2D eigenvalue weighted by molar-refractivity contribution is -0.138. The Hall–Kier alpha value is -1.40. The molecule has 0 aliphatic rings. The Bertz CT molecular complexity index is 496. The third-order valence-corrected chi connectivity index (χ3v) is 3.02. The number of aliphatic carboxylic acids is 1. The second kappa shape index (κ2) is 6.68. The van der Waals surface area contributed by atoms with E-state index in [4.69, 9.17) is 28.3 Å². The minimum absolute atomic E-state index is 0.0506. The zero-order valence-corrected chi connectivity index (χ0v) is 11.9. The molecule has 104 valence electrons. The van der Waals surface area contributed by atoms with Crippen LogP contribution in [0.4, 0.5) is 0 Å². The van der Waals surface area contributed by atoms with Crippen LogP contribution in [0.5, 0.6) is 0 Å². The van der Waals surface area contributed by atoms with Crippen LogP contribution in [-0.2, 0) is 4.79 Å². The number of carboxylic acid groups (broad SMARTS) is 1. The lowest BCUT2D eigenvalue weighted by Gasteiger charge is -2.27. The van der Waals surface area contributed by atoms with Crippen LogP contribution in [0.3, 0.4) is 0 Å². The second-order valence-corrected chi connectivity index (χ2v) is 4.65. The predicted octanol–water partition coefficient (Wildman–Crippen LogP) is 2.11. The standard InChI is InChI=1S/C11H13Cl2N3O3/c1-3-16(6(2)4-9(17)18)11(19)7-5-8(12)14-15-10(7)13/h5-6H,3-4H2,1-2H3,(H,17,18). The van der Waals surface area contributed by atoms with Crippen LogP contribution in [0.25, 0.3) is 0 Å². The molecule has 0 bridgehead atoms. The first-order valence-corrected chi connectivity index (χ1v) is 6.33. The van der Waals surface area contributed by atoms with Crippen molar-refractivity contribution in [1.82, 2.24) is 15.1 Å². The zero-order chi connectivity index (χ0) is 14.6. The van der Waals surface area contributed by atoms with Crippen LogP contribution in [0.1, 0.15) is 30.6 Å². The van der Waals surface area contributed by atoms with Crippen LogP contribution >= 0.6 is 23.2 Å². The normalized spacial score (nSPS) is 12.0. The second-order valence-electron chi connectivity index (χ2n) is 3.91. The number of carbonyl (C=O) groups excluding carboxylic acids is 1. The summed E-state index contributed by atoms with van der Waals surface area (Å²) in [6.45, 7) is 3.75. The molecule has 1 N–H and O–H groups in total. The van der Waals surface area contributed by atoms with Crippen LogP contribution < -0.4 is 0 Å². The van der Waals surface area contributed by atoms with Crippen molar-refractivity contribution in [3.8, 4) is 0 Å². The van der Waals surface area contributed by atoms with E-state index in [9.17, 15) is 9.59 Å². The van der Waals surface area contributed by atoms with Gasteiger partial charge in [0.25, 0.3) is 5.91 Å².